The summed E-state index contributed by atoms with van der Waals surface area (Å²) >= 11 is 0. The smallest absolute Gasteiger partial charge is 0.0680 e. The van der Waals surface area contributed by atoms with Gasteiger partial charge in [-0.05, 0) is 50.0 Å². The highest BCUT2D eigenvalue weighted by molar-refractivity contribution is 5.13. The molecule has 0 saturated carbocycles. The molecule has 2 atom stereocenters. The van der Waals surface area contributed by atoms with Crippen molar-refractivity contribution in [3.05, 3.63) is 11.1 Å². The summed E-state index contributed by atoms with van der Waals surface area (Å²) in [6.07, 6.45) is 4.10. The highest BCUT2D eigenvalue weighted by atomic mass is 16.5. The topological polar surface area (TPSA) is 9.23 Å². The molecule has 16 heavy (non-hydrogen) atoms. The summed E-state index contributed by atoms with van der Waals surface area (Å²) in [5.41, 5.74) is 3.41. The van der Waals surface area contributed by atoms with Crippen molar-refractivity contribution in [1.29, 1.82) is 0 Å². The Bertz CT molecular complexity index is 257. The molecule has 0 spiro atoms. The molecule has 1 aliphatic rings. The lowest BCUT2D eigenvalue weighted by Crippen LogP contribution is -2.24. The van der Waals surface area contributed by atoms with Gasteiger partial charge in [0.1, 0.15) is 0 Å². The van der Waals surface area contributed by atoms with Gasteiger partial charge in [-0.2, -0.15) is 0 Å². The van der Waals surface area contributed by atoms with Gasteiger partial charge in [0.15, 0.2) is 0 Å². The van der Waals surface area contributed by atoms with Crippen molar-refractivity contribution < 1.29 is 4.74 Å². The van der Waals surface area contributed by atoms with E-state index in [1.165, 1.54) is 18.4 Å². The van der Waals surface area contributed by atoms with E-state index in [1.807, 2.05) is 0 Å². The van der Waals surface area contributed by atoms with Crippen LogP contribution in [0.2, 0.25) is 0 Å². The van der Waals surface area contributed by atoms with Crippen LogP contribution in [0.15, 0.2) is 11.1 Å². The fourth-order valence-corrected chi connectivity index (χ4v) is 2.67. The zero-order chi connectivity index (χ0) is 12.3. The lowest BCUT2D eigenvalue weighted by molar-refractivity contribution is 0.0377. The van der Waals surface area contributed by atoms with Gasteiger partial charge in [-0.15, -0.1) is 0 Å². The van der Waals surface area contributed by atoms with Crippen molar-refractivity contribution >= 4 is 0 Å². The van der Waals surface area contributed by atoms with Crippen LogP contribution in [-0.2, 0) is 4.74 Å². The van der Waals surface area contributed by atoms with E-state index >= 15 is 0 Å². The molecule has 1 heteroatoms. The summed E-state index contributed by atoms with van der Waals surface area (Å²) < 4.78 is 5.89. The van der Waals surface area contributed by atoms with Gasteiger partial charge >= 0.3 is 0 Å². The maximum Gasteiger partial charge on any atom is 0.0680 e. The zero-order valence-electron chi connectivity index (χ0n) is 11.9. The Hall–Kier alpha value is -0.300. The monoisotopic (exact) mass is 224 g/mol. The Morgan fingerprint density at radius 2 is 1.88 bits per heavy atom. The van der Waals surface area contributed by atoms with E-state index < -0.39 is 0 Å². The number of hydrogen-bond donors (Lipinski definition) is 0. The van der Waals surface area contributed by atoms with Gasteiger partial charge in [0.2, 0.25) is 0 Å². The molecule has 0 saturated heterocycles. The minimum absolute atomic E-state index is 0.439. The molecule has 0 aromatic carbocycles. The van der Waals surface area contributed by atoms with Crippen LogP contribution in [-0.4, -0.2) is 12.7 Å². The third-order valence-corrected chi connectivity index (χ3v) is 3.42. The molecule has 0 N–H and O–H groups in total. The average Bonchev–Trinajstić information content (AvgIpc) is 2.08. The SMILES string of the molecule is CC1=C(C)CC(CC(C)CC(C)(C)C)OC1. The van der Waals surface area contributed by atoms with E-state index in [0.717, 1.165) is 18.9 Å². The highest BCUT2D eigenvalue weighted by Crippen LogP contribution is 2.30. The molecule has 0 amide bonds. The van der Waals surface area contributed by atoms with Crippen molar-refractivity contribution in [2.24, 2.45) is 11.3 Å². The first-order valence-corrected chi connectivity index (χ1v) is 6.55. The van der Waals surface area contributed by atoms with Gasteiger partial charge in [-0.3, -0.25) is 0 Å². The molecular formula is C15H28O. The van der Waals surface area contributed by atoms with Gasteiger partial charge < -0.3 is 4.74 Å². The van der Waals surface area contributed by atoms with Crippen LogP contribution in [0.1, 0.15) is 60.8 Å². The Morgan fingerprint density at radius 1 is 1.25 bits per heavy atom. The zero-order valence-corrected chi connectivity index (χ0v) is 11.9. The molecular weight excluding hydrogens is 196 g/mol. The number of ether oxygens (including phenoxy) is 1. The fourth-order valence-electron chi connectivity index (χ4n) is 2.67. The van der Waals surface area contributed by atoms with Crippen molar-refractivity contribution in [3.63, 3.8) is 0 Å². The van der Waals surface area contributed by atoms with Crippen LogP contribution in [0.4, 0.5) is 0 Å². The van der Waals surface area contributed by atoms with Crippen LogP contribution in [0.25, 0.3) is 0 Å². The maximum absolute atomic E-state index is 5.89. The second kappa shape index (κ2) is 5.35. The van der Waals surface area contributed by atoms with Crippen molar-refractivity contribution in [1.82, 2.24) is 0 Å². The van der Waals surface area contributed by atoms with Gasteiger partial charge in [0.05, 0.1) is 12.7 Å². The summed E-state index contributed by atoms with van der Waals surface area (Å²) in [7, 11) is 0. The van der Waals surface area contributed by atoms with E-state index in [1.54, 1.807) is 5.57 Å². The van der Waals surface area contributed by atoms with Crippen LogP contribution >= 0.6 is 0 Å². The largest absolute Gasteiger partial charge is 0.374 e. The lowest BCUT2D eigenvalue weighted by Gasteiger charge is -2.30. The van der Waals surface area contributed by atoms with Crippen molar-refractivity contribution in [2.45, 2.75) is 66.9 Å². The first kappa shape index (κ1) is 13.8. The van der Waals surface area contributed by atoms with Crippen LogP contribution in [0, 0.1) is 11.3 Å². The minimum Gasteiger partial charge on any atom is -0.374 e. The molecule has 94 valence electrons. The molecule has 1 nitrogen and oxygen atoms in total. The second-order valence-corrected chi connectivity index (χ2v) is 6.80. The summed E-state index contributed by atoms with van der Waals surface area (Å²) in [5, 5.41) is 0. The second-order valence-electron chi connectivity index (χ2n) is 6.80. The molecule has 0 aromatic rings. The molecule has 0 fully saturated rings. The molecule has 2 unspecified atom stereocenters. The van der Waals surface area contributed by atoms with Crippen LogP contribution < -0.4 is 0 Å². The molecule has 0 aromatic heterocycles. The molecule has 0 bridgehead atoms. The molecule has 0 radical (unpaired) electrons. The minimum atomic E-state index is 0.439. The molecule has 1 heterocycles. The third-order valence-electron chi connectivity index (χ3n) is 3.42. The van der Waals surface area contributed by atoms with E-state index in [4.69, 9.17) is 4.74 Å². The first-order valence-electron chi connectivity index (χ1n) is 6.55. The Balaban J connectivity index is 2.39. The number of rotatable bonds is 3. The summed E-state index contributed by atoms with van der Waals surface area (Å²) in [6, 6.07) is 0. The maximum atomic E-state index is 5.89. The highest BCUT2D eigenvalue weighted by Gasteiger charge is 2.22. The predicted molar refractivity (Wildman–Crippen MR) is 70.6 cm³/mol. The average molecular weight is 224 g/mol. The normalized spacial score (nSPS) is 24.8. The van der Waals surface area contributed by atoms with Crippen molar-refractivity contribution in [2.75, 3.05) is 6.61 Å². The van der Waals surface area contributed by atoms with Gasteiger partial charge in [-0.1, -0.05) is 33.3 Å². The van der Waals surface area contributed by atoms with E-state index in [2.05, 4.69) is 41.5 Å². The Kier molecular flexibility index (Phi) is 4.61. The molecule has 1 aliphatic heterocycles. The first-order chi connectivity index (χ1) is 7.28. The summed E-state index contributed by atoms with van der Waals surface area (Å²) in [4.78, 5) is 0. The molecule has 0 aliphatic carbocycles. The van der Waals surface area contributed by atoms with E-state index in [-0.39, 0.29) is 0 Å². The standard InChI is InChI=1S/C15H28O/c1-11(9-15(4,5)6)7-14-8-12(2)13(3)10-16-14/h11,14H,7-10H2,1-6H3. The Labute approximate surface area is 101 Å². The van der Waals surface area contributed by atoms with Gasteiger partial charge in [0, 0.05) is 0 Å². The predicted octanol–water partition coefficient (Wildman–Crippen LogP) is 4.57. The lowest BCUT2D eigenvalue weighted by atomic mass is 9.82. The van der Waals surface area contributed by atoms with Gasteiger partial charge in [-0.25, -0.2) is 0 Å². The summed E-state index contributed by atoms with van der Waals surface area (Å²) in [5.74, 6) is 0.760. The van der Waals surface area contributed by atoms with Crippen molar-refractivity contribution in [3.8, 4) is 0 Å². The van der Waals surface area contributed by atoms with E-state index in [9.17, 15) is 0 Å². The fraction of sp³-hybridized carbons (Fsp3) is 0.867. The van der Waals surface area contributed by atoms with Crippen LogP contribution in [0.5, 0.6) is 0 Å². The van der Waals surface area contributed by atoms with Crippen LogP contribution in [0.3, 0.4) is 0 Å². The molecule has 1 rings (SSSR count). The third kappa shape index (κ3) is 4.69. The number of hydrogen-bond acceptors (Lipinski definition) is 1. The van der Waals surface area contributed by atoms with E-state index in [0.29, 0.717) is 11.5 Å². The van der Waals surface area contributed by atoms with Gasteiger partial charge in [0.25, 0.3) is 0 Å². The summed E-state index contributed by atoms with van der Waals surface area (Å²) in [6.45, 7) is 14.6. The Morgan fingerprint density at radius 3 is 2.38 bits per heavy atom. The quantitative estimate of drug-likeness (QED) is 0.638.